The molecule has 4 heterocycles. The summed E-state index contributed by atoms with van der Waals surface area (Å²) in [6, 6.07) is 80.9. The second kappa shape index (κ2) is 21.3. The molecular formula is C69H51BN6O4Si. The van der Waals surface area contributed by atoms with Gasteiger partial charge in [-0.15, -0.1) is 0 Å². The fourth-order valence-corrected chi connectivity index (χ4v) is 11.7. The van der Waals surface area contributed by atoms with Crippen molar-refractivity contribution in [1.82, 2.24) is 29.9 Å². The number of hydrogen-bond donors (Lipinski definition) is 2. The molecule has 0 aliphatic carbocycles. The summed E-state index contributed by atoms with van der Waals surface area (Å²) in [5, 5.41) is 25.0. The van der Waals surface area contributed by atoms with E-state index in [0.717, 1.165) is 83.0 Å². The average molecular weight is 1070 g/mol. The van der Waals surface area contributed by atoms with Gasteiger partial charge in [-0.1, -0.05) is 238 Å². The third kappa shape index (κ3) is 10.2. The predicted octanol–water partition coefficient (Wildman–Crippen LogP) is 15.1. The highest BCUT2D eigenvalue weighted by molar-refractivity contribution is 6.90. The van der Waals surface area contributed by atoms with Crippen molar-refractivity contribution in [2.24, 2.45) is 0 Å². The van der Waals surface area contributed by atoms with Crippen molar-refractivity contribution in [3.05, 3.63) is 243 Å². The van der Waals surface area contributed by atoms with Gasteiger partial charge in [0.15, 0.2) is 34.9 Å². The third-order valence-corrected chi connectivity index (χ3v) is 16.5. The zero-order valence-corrected chi connectivity index (χ0v) is 45.6. The van der Waals surface area contributed by atoms with E-state index in [0.29, 0.717) is 51.6 Å². The van der Waals surface area contributed by atoms with E-state index in [9.17, 15) is 10.0 Å². The van der Waals surface area contributed by atoms with Crippen LogP contribution in [0.15, 0.2) is 251 Å². The summed E-state index contributed by atoms with van der Waals surface area (Å²) in [4.78, 5) is 28.9. The Morgan fingerprint density at radius 3 is 0.963 bits per heavy atom. The first kappa shape index (κ1) is 50.5. The second-order valence-electron chi connectivity index (χ2n) is 20.9. The highest BCUT2D eigenvalue weighted by atomic mass is 28.3. The maximum Gasteiger partial charge on any atom is 0.492 e. The number of furan rings is 2. The minimum absolute atomic E-state index is 0.349. The van der Waals surface area contributed by atoms with E-state index in [4.69, 9.17) is 38.7 Å². The van der Waals surface area contributed by atoms with Gasteiger partial charge in [-0.05, 0) is 51.7 Å². The molecule has 81 heavy (non-hydrogen) atoms. The molecule has 0 aliphatic heterocycles. The van der Waals surface area contributed by atoms with Gasteiger partial charge in [0.25, 0.3) is 0 Å². The molecule has 0 spiro atoms. The van der Waals surface area contributed by atoms with Crippen LogP contribution in [0.3, 0.4) is 0 Å². The molecule has 10 aromatic carbocycles. The molecule has 10 nitrogen and oxygen atoms in total. The molecular weight excluding hydrogens is 1020 g/mol. The molecule has 0 unspecified atom stereocenters. The minimum Gasteiger partial charge on any atom is -0.456 e. The molecule has 0 saturated heterocycles. The van der Waals surface area contributed by atoms with Crippen LogP contribution in [0.25, 0.3) is 134 Å². The number of aromatic nitrogens is 6. The van der Waals surface area contributed by atoms with E-state index in [2.05, 4.69) is 80.3 Å². The number of fused-ring (bicyclic) bond motifs is 6. The van der Waals surface area contributed by atoms with Crippen LogP contribution < -0.4 is 10.6 Å². The van der Waals surface area contributed by atoms with Crippen LogP contribution in [0.1, 0.15) is 0 Å². The van der Waals surface area contributed by atoms with Crippen LogP contribution in [0, 0.1) is 0 Å². The number of nitrogens with zero attached hydrogens (tertiary/aromatic N) is 6. The van der Waals surface area contributed by atoms with Crippen LogP contribution in [-0.2, 0) is 0 Å². The Morgan fingerprint density at radius 2 is 0.605 bits per heavy atom. The van der Waals surface area contributed by atoms with Gasteiger partial charge >= 0.3 is 7.12 Å². The Hall–Kier alpha value is -9.98. The van der Waals surface area contributed by atoms with Gasteiger partial charge < -0.3 is 18.9 Å². The number of para-hydroxylation sites is 2. The molecule has 0 amide bonds. The van der Waals surface area contributed by atoms with Crippen LogP contribution in [0.2, 0.25) is 19.6 Å². The molecule has 4 aromatic heterocycles. The van der Waals surface area contributed by atoms with E-state index in [1.807, 2.05) is 170 Å². The average Bonchev–Trinajstić information content (AvgIpc) is 4.34. The van der Waals surface area contributed by atoms with E-state index >= 15 is 0 Å². The standard InChI is InChI=1S/C36H29N3OSi.C33H22BN3O3/c1-41(2,3)32-16-10-15-30-29-22-21-28(23-31(29)40-33(30)32)24-17-19-27(20-18-24)36-38-34(25-11-6-4-7-12-25)37-35(39-36)26-13-8-5-9-14-26;38-34(39)28-13-7-12-27-26-19-18-25(20-29(26)40-30(27)28)21-14-16-24(17-15-21)33-36-31(22-8-3-1-4-9-22)35-32(37-33)23-10-5-2-6-11-23/h4-23H,1-3H3;1-20,38-39H. The Labute approximate surface area is 469 Å². The van der Waals surface area contributed by atoms with Gasteiger partial charge in [0, 0.05) is 60.4 Å². The molecule has 0 aliphatic rings. The van der Waals surface area contributed by atoms with Crippen molar-refractivity contribution in [3.63, 3.8) is 0 Å². The van der Waals surface area contributed by atoms with E-state index < -0.39 is 15.2 Å². The Morgan fingerprint density at radius 1 is 0.296 bits per heavy atom. The van der Waals surface area contributed by atoms with Gasteiger partial charge in [0.05, 0.1) is 8.07 Å². The molecule has 0 saturated carbocycles. The number of rotatable bonds is 10. The lowest BCUT2D eigenvalue weighted by Crippen LogP contribution is -2.37. The van der Waals surface area contributed by atoms with E-state index in [-0.39, 0.29) is 0 Å². The molecule has 14 aromatic rings. The fraction of sp³-hybridized carbons (Fsp3) is 0.0435. The van der Waals surface area contributed by atoms with Crippen molar-refractivity contribution in [2.75, 3.05) is 0 Å². The molecule has 0 fully saturated rings. The first-order valence-electron chi connectivity index (χ1n) is 26.8. The van der Waals surface area contributed by atoms with Crippen LogP contribution >= 0.6 is 0 Å². The maximum atomic E-state index is 9.74. The Bertz CT molecular complexity index is 4460. The van der Waals surface area contributed by atoms with Gasteiger partial charge in [-0.3, -0.25) is 0 Å². The quantitative estimate of drug-likeness (QED) is 0.127. The van der Waals surface area contributed by atoms with Crippen molar-refractivity contribution in [1.29, 1.82) is 0 Å². The normalized spacial score (nSPS) is 11.5. The largest absolute Gasteiger partial charge is 0.492 e. The summed E-state index contributed by atoms with van der Waals surface area (Å²) in [7, 11) is -3.14. The maximum absolute atomic E-state index is 9.74. The smallest absolute Gasteiger partial charge is 0.456 e. The van der Waals surface area contributed by atoms with Gasteiger partial charge in [-0.2, -0.15) is 0 Å². The summed E-state index contributed by atoms with van der Waals surface area (Å²) in [6.07, 6.45) is 0. The Balaban J connectivity index is 0.000000153. The number of benzene rings is 10. The van der Waals surface area contributed by atoms with Crippen LogP contribution in [-0.4, -0.2) is 55.1 Å². The molecule has 14 rings (SSSR count). The monoisotopic (exact) mass is 1070 g/mol. The molecule has 0 bridgehead atoms. The van der Waals surface area contributed by atoms with Crippen molar-refractivity contribution in [3.8, 4) is 90.6 Å². The van der Waals surface area contributed by atoms with Crippen molar-refractivity contribution in [2.45, 2.75) is 19.6 Å². The molecule has 0 atom stereocenters. The zero-order valence-electron chi connectivity index (χ0n) is 44.6. The van der Waals surface area contributed by atoms with Crippen LogP contribution in [0.4, 0.5) is 0 Å². The lowest BCUT2D eigenvalue weighted by molar-refractivity contribution is 0.425. The summed E-state index contributed by atoms with van der Waals surface area (Å²) in [5.41, 5.74) is 13.3. The summed E-state index contributed by atoms with van der Waals surface area (Å²) >= 11 is 0. The minimum atomic E-state index is -1.60. The second-order valence-corrected chi connectivity index (χ2v) is 25.9. The lowest BCUT2D eigenvalue weighted by Gasteiger charge is -2.16. The van der Waals surface area contributed by atoms with E-state index in [1.165, 1.54) is 10.6 Å². The predicted molar refractivity (Wildman–Crippen MR) is 331 cm³/mol. The summed E-state index contributed by atoms with van der Waals surface area (Å²) < 4.78 is 12.5. The molecule has 0 radical (unpaired) electrons. The summed E-state index contributed by atoms with van der Waals surface area (Å²) in [5.74, 6) is 3.81. The molecule has 2 N–H and O–H groups in total. The van der Waals surface area contributed by atoms with Gasteiger partial charge in [0.2, 0.25) is 0 Å². The van der Waals surface area contributed by atoms with Crippen molar-refractivity contribution >= 4 is 69.7 Å². The van der Waals surface area contributed by atoms with Gasteiger partial charge in [-0.25, -0.2) is 29.9 Å². The highest BCUT2D eigenvalue weighted by Crippen LogP contribution is 2.36. The first-order valence-corrected chi connectivity index (χ1v) is 30.3. The first-order chi connectivity index (χ1) is 39.6. The molecule has 12 heteroatoms. The lowest BCUT2D eigenvalue weighted by atomic mass is 9.79. The fourth-order valence-electron chi connectivity index (χ4n) is 10.3. The third-order valence-electron chi connectivity index (χ3n) is 14.5. The summed E-state index contributed by atoms with van der Waals surface area (Å²) in [6.45, 7) is 7.08. The Kier molecular flexibility index (Phi) is 13.3. The highest BCUT2D eigenvalue weighted by Gasteiger charge is 2.24. The van der Waals surface area contributed by atoms with Gasteiger partial charge in [0.1, 0.15) is 22.3 Å². The molecule has 388 valence electrons. The SMILES string of the molecule is C[Si](C)(C)c1cccc2c1oc1cc(-c3ccc(-c4nc(-c5ccccc5)nc(-c5ccccc5)n4)cc3)ccc12.OB(O)c1cccc2c1oc1cc(-c3ccc(-c4nc(-c5ccccc5)nc(-c5ccccc5)n4)cc3)ccc12. The zero-order chi connectivity index (χ0) is 55.0. The van der Waals surface area contributed by atoms with E-state index in [1.54, 1.807) is 12.1 Å². The van der Waals surface area contributed by atoms with Crippen LogP contribution in [0.5, 0.6) is 0 Å². The van der Waals surface area contributed by atoms with Crippen molar-refractivity contribution < 1.29 is 18.9 Å². The number of hydrogen-bond acceptors (Lipinski definition) is 10. The topological polar surface area (TPSA) is 144 Å².